The third kappa shape index (κ3) is 4.83. The van der Waals surface area contributed by atoms with E-state index in [9.17, 15) is 23.1 Å². The summed E-state index contributed by atoms with van der Waals surface area (Å²) >= 11 is 0. The summed E-state index contributed by atoms with van der Waals surface area (Å²) in [5.41, 5.74) is 2.07. The van der Waals surface area contributed by atoms with Gasteiger partial charge in [0.2, 0.25) is 0 Å². The molecular formula is C31H34N2O6S. The number of hydrogen-bond donors (Lipinski definition) is 1. The van der Waals surface area contributed by atoms with E-state index in [1.807, 2.05) is 31.2 Å². The number of fused-ring (bicyclic) bond motifs is 1. The van der Waals surface area contributed by atoms with Crippen molar-refractivity contribution < 1.29 is 27.9 Å². The van der Waals surface area contributed by atoms with Gasteiger partial charge in [-0.05, 0) is 72.9 Å². The Hall–Kier alpha value is -3.85. The predicted molar refractivity (Wildman–Crippen MR) is 154 cm³/mol. The number of anilines is 2. The van der Waals surface area contributed by atoms with E-state index < -0.39 is 39.3 Å². The van der Waals surface area contributed by atoms with Gasteiger partial charge in [0.15, 0.2) is 6.04 Å². The first-order chi connectivity index (χ1) is 19.1. The van der Waals surface area contributed by atoms with Crippen LogP contribution in [0, 0.1) is 0 Å². The average molecular weight is 563 g/mol. The van der Waals surface area contributed by atoms with Gasteiger partial charge in [-0.15, -0.1) is 0 Å². The van der Waals surface area contributed by atoms with Crippen LogP contribution in [0.1, 0.15) is 57.1 Å². The number of hydrogen-bond acceptors (Lipinski definition) is 6. The first-order valence-electron chi connectivity index (χ1n) is 13.6. The highest BCUT2D eigenvalue weighted by Gasteiger charge is 2.53. The molecule has 2 aliphatic rings. The van der Waals surface area contributed by atoms with Crippen molar-refractivity contribution in [1.82, 2.24) is 0 Å². The van der Waals surface area contributed by atoms with E-state index in [1.165, 1.54) is 37.1 Å². The number of sulfonamides is 1. The van der Waals surface area contributed by atoms with Gasteiger partial charge in [0.05, 0.1) is 16.5 Å². The standard InChI is InChI=1S/C31H34N2O6S/c1-4-25(21-11-13-22(14-12-21)32-19-7-8-20-32)30(36)39-23-15-17-24(18-16-23)40(37,38)33-27-10-6-5-9-26(27)31(2,3)28(33)29(34)35/h5-6,9-18,25,28H,4,7-8,19-20H2,1-3H3,(H,34,35). The summed E-state index contributed by atoms with van der Waals surface area (Å²) < 4.78 is 34.1. The first-order valence-corrected chi connectivity index (χ1v) is 15.0. The molecule has 0 aromatic heterocycles. The highest BCUT2D eigenvalue weighted by atomic mass is 32.2. The molecule has 210 valence electrons. The minimum atomic E-state index is -4.23. The molecule has 0 bridgehead atoms. The molecule has 8 nitrogen and oxygen atoms in total. The number of benzene rings is 3. The fraction of sp³-hybridized carbons (Fsp3) is 0.355. The van der Waals surface area contributed by atoms with E-state index in [0.717, 1.165) is 28.6 Å². The normalized spacial score (nSPS) is 18.8. The van der Waals surface area contributed by atoms with Crippen LogP contribution in [0.5, 0.6) is 5.75 Å². The van der Waals surface area contributed by atoms with Crippen molar-refractivity contribution in [3.63, 3.8) is 0 Å². The van der Waals surface area contributed by atoms with Crippen LogP contribution < -0.4 is 13.9 Å². The van der Waals surface area contributed by atoms with Gasteiger partial charge in [-0.25, -0.2) is 13.2 Å². The monoisotopic (exact) mass is 562 g/mol. The van der Waals surface area contributed by atoms with E-state index >= 15 is 0 Å². The van der Waals surface area contributed by atoms with Crippen molar-refractivity contribution in [2.75, 3.05) is 22.3 Å². The second-order valence-corrected chi connectivity index (χ2v) is 12.7. The second kappa shape index (κ2) is 10.6. The van der Waals surface area contributed by atoms with Gasteiger partial charge in [-0.3, -0.25) is 9.10 Å². The fourth-order valence-electron chi connectivity index (χ4n) is 5.88. The molecular weight excluding hydrogens is 528 g/mol. The molecule has 0 radical (unpaired) electrons. The summed E-state index contributed by atoms with van der Waals surface area (Å²) in [5, 5.41) is 10.0. The average Bonchev–Trinajstić information content (AvgIpc) is 3.55. The second-order valence-electron chi connectivity index (χ2n) is 10.9. The lowest BCUT2D eigenvalue weighted by Crippen LogP contribution is -2.49. The summed E-state index contributed by atoms with van der Waals surface area (Å²) in [6.07, 6.45) is 2.93. The lowest BCUT2D eigenvalue weighted by Gasteiger charge is -2.30. The van der Waals surface area contributed by atoms with Crippen LogP contribution in [0.3, 0.4) is 0 Å². The Kier molecular flexibility index (Phi) is 7.35. The van der Waals surface area contributed by atoms with E-state index in [-0.39, 0.29) is 10.6 Å². The summed E-state index contributed by atoms with van der Waals surface area (Å²) in [7, 11) is -4.23. The minimum Gasteiger partial charge on any atom is -0.480 e. The SMILES string of the molecule is CCC(C(=O)Oc1ccc(S(=O)(=O)N2c3ccccc3C(C)(C)C2C(=O)O)cc1)c1ccc(N2CCCC2)cc1. The van der Waals surface area contributed by atoms with Gasteiger partial charge < -0.3 is 14.7 Å². The number of esters is 1. The fourth-order valence-corrected chi connectivity index (χ4v) is 7.64. The number of rotatable bonds is 8. The molecule has 1 fully saturated rings. The third-order valence-electron chi connectivity index (χ3n) is 8.05. The molecule has 2 heterocycles. The van der Waals surface area contributed by atoms with E-state index in [4.69, 9.17) is 4.74 Å². The highest BCUT2D eigenvalue weighted by Crippen LogP contribution is 2.47. The Morgan fingerprint density at radius 1 is 0.975 bits per heavy atom. The number of carbonyl (C=O) groups excluding carboxylic acids is 1. The lowest BCUT2D eigenvalue weighted by atomic mass is 9.81. The molecule has 2 atom stereocenters. The van der Waals surface area contributed by atoms with Crippen LogP contribution in [0.2, 0.25) is 0 Å². The Morgan fingerprint density at radius 3 is 2.20 bits per heavy atom. The molecule has 2 aliphatic heterocycles. The van der Waals surface area contributed by atoms with Crippen molar-refractivity contribution in [2.24, 2.45) is 0 Å². The number of ether oxygens (including phenoxy) is 1. The van der Waals surface area contributed by atoms with Crippen LogP contribution in [-0.2, 0) is 25.0 Å². The molecule has 1 saturated heterocycles. The van der Waals surface area contributed by atoms with E-state index in [2.05, 4.69) is 4.90 Å². The molecule has 9 heteroatoms. The number of aliphatic carboxylic acids is 1. The van der Waals surface area contributed by atoms with Crippen LogP contribution >= 0.6 is 0 Å². The molecule has 40 heavy (non-hydrogen) atoms. The summed E-state index contributed by atoms with van der Waals surface area (Å²) in [6, 6.07) is 19.1. The van der Waals surface area contributed by atoms with Crippen LogP contribution in [0.4, 0.5) is 11.4 Å². The van der Waals surface area contributed by atoms with Crippen molar-refractivity contribution in [3.05, 3.63) is 83.9 Å². The topological polar surface area (TPSA) is 104 Å². The van der Waals surface area contributed by atoms with Crippen molar-refractivity contribution in [1.29, 1.82) is 0 Å². The maximum Gasteiger partial charge on any atom is 0.328 e. The quantitative estimate of drug-likeness (QED) is 0.292. The van der Waals surface area contributed by atoms with Crippen molar-refractivity contribution in [3.8, 4) is 5.75 Å². The zero-order valence-electron chi connectivity index (χ0n) is 22.9. The number of carboxylic acids is 1. The molecule has 0 amide bonds. The van der Waals surface area contributed by atoms with E-state index in [0.29, 0.717) is 17.7 Å². The summed E-state index contributed by atoms with van der Waals surface area (Å²) in [6.45, 7) is 7.47. The number of carboxylic acid groups (broad SMARTS) is 1. The van der Waals surface area contributed by atoms with Gasteiger partial charge in [-0.1, -0.05) is 51.1 Å². The smallest absolute Gasteiger partial charge is 0.328 e. The van der Waals surface area contributed by atoms with Gasteiger partial charge in [0.25, 0.3) is 10.0 Å². The lowest BCUT2D eigenvalue weighted by molar-refractivity contribution is -0.139. The first kappa shape index (κ1) is 27.7. The van der Waals surface area contributed by atoms with Crippen LogP contribution in [0.15, 0.2) is 77.7 Å². The Morgan fingerprint density at radius 2 is 1.60 bits per heavy atom. The summed E-state index contributed by atoms with van der Waals surface area (Å²) in [4.78, 5) is 27.6. The zero-order valence-corrected chi connectivity index (χ0v) is 23.7. The molecule has 2 unspecified atom stereocenters. The molecule has 1 N–H and O–H groups in total. The van der Waals surface area contributed by atoms with Crippen LogP contribution in [-0.4, -0.2) is 44.6 Å². The molecule has 0 saturated carbocycles. The van der Waals surface area contributed by atoms with Gasteiger partial charge in [0.1, 0.15) is 5.75 Å². The highest BCUT2D eigenvalue weighted by molar-refractivity contribution is 7.93. The van der Waals surface area contributed by atoms with Gasteiger partial charge in [-0.2, -0.15) is 0 Å². The van der Waals surface area contributed by atoms with Gasteiger partial charge in [0, 0.05) is 24.2 Å². The minimum absolute atomic E-state index is 0.0874. The Bertz CT molecular complexity index is 1510. The number of carbonyl (C=O) groups is 2. The zero-order chi connectivity index (χ0) is 28.7. The van der Waals surface area contributed by atoms with Crippen molar-refractivity contribution in [2.45, 2.75) is 62.3 Å². The molecule has 0 aliphatic carbocycles. The molecule has 5 rings (SSSR count). The largest absolute Gasteiger partial charge is 0.480 e. The molecule has 0 spiro atoms. The number of para-hydroxylation sites is 1. The molecule has 3 aromatic rings. The Balaban J connectivity index is 1.35. The van der Waals surface area contributed by atoms with Crippen LogP contribution in [0.25, 0.3) is 0 Å². The maximum atomic E-state index is 13.7. The maximum absolute atomic E-state index is 13.7. The predicted octanol–water partition coefficient (Wildman–Crippen LogP) is 5.33. The van der Waals surface area contributed by atoms with Gasteiger partial charge >= 0.3 is 11.9 Å². The van der Waals surface area contributed by atoms with Crippen molar-refractivity contribution >= 4 is 33.3 Å². The Labute approximate surface area is 235 Å². The number of nitrogens with zero attached hydrogens (tertiary/aromatic N) is 2. The summed E-state index contributed by atoms with van der Waals surface area (Å²) in [5.74, 6) is -1.90. The third-order valence-corrected chi connectivity index (χ3v) is 9.84. The molecule has 3 aromatic carbocycles. The van der Waals surface area contributed by atoms with E-state index in [1.54, 1.807) is 38.1 Å².